The number of esters is 1. The molecule has 0 unspecified atom stereocenters. The van der Waals surface area contributed by atoms with E-state index in [1.165, 1.54) is 30.9 Å². The molecule has 25 nitrogen and oxygen atoms in total. The van der Waals surface area contributed by atoms with Gasteiger partial charge in [0.25, 0.3) is 18.3 Å². The van der Waals surface area contributed by atoms with Crippen LogP contribution in [0.15, 0.2) is 134 Å². The number of aromatic nitrogens is 1. The number of nitrogens with zero attached hydrogens (tertiary/aromatic N) is 1. The Kier molecular flexibility index (Phi) is 42.4. The third-order valence-electron chi connectivity index (χ3n) is 15.6. The molecule has 9 N–H and O–H groups in total. The fourth-order valence-corrected chi connectivity index (χ4v) is 11.3. The van der Waals surface area contributed by atoms with Gasteiger partial charge in [-0.05, 0) is 124 Å². The predicted octanol–water partition coefficient (Wildman–Crippen LogP) is 3.39. The minimum absolute atomic E-state index is 0. The van der Waals surface area contributed by atoms with Crippen LogP contribution in [0.3, 0.4) is 0 Å². The largest absolute Gasteiger partial charge is 1.00 e. The molecule has 98 heavy (non-hydrogen) atoms. The number of nitrogens with one attached hydrogen (secondary N) is 2. The number of Topliss-reactive ketones (excluding diaryl/α,β-unsaturated/α-hetero) is 1. The number of phenolic OH excluding ortho intramolecular Hbond substituents is 1. The Labute approximate surface area is 632 Å². The zero-order chi connectivity index (χ0) is 73.1. The normalized spacial score (nSPS) is 27.4. The molecule has 1 aromatic carbocycles. The molecule has 1 aliphatic carbocycles. The van der Waals surface area contributed by atoms with Crippen LogP contribution >= 0.6 is 34.8 Å². The van der Waals surface area contributed by atoms with Crippen molar-refractivity contribution in [2.45, 2.75) is 162 Å². The van der Waals surface area contributed by atoms with Gasteiger partial charge in [-0.1, -0.05) is 102 Å². The summed E-state index contributed by atoms with van der Waals surface area (Å²) < 4.78 is 31.3. The Hall–Kier alpha value is -5.88. The molecule has 2 aliphatic heterocycles. The molecule has 2 aromatic rings. The Morgan fingerprint density at radius 2 is 1.23 bits per heavy atom. The fraction of sp³-hybridized carbons (Fsp3) is 0.485. The molecule has 0 spiro atoms. The number of rotatable bonds is 10. The number of phenols is 1. The average molecular weight is 1450 g/mol. The predicted molar refractivity (Wildman–Crippen MR) is 362 cm³/mol. The van der Waals surface area contributed by atoms with Crippen LogP contribution in [-0.4, -0.2) is 123 Å². The molecule has 532 valence electrons. The molecule has 3 heterocycles. The number of oxazole rings is 1. The van der Waals surface area contributed by atoms with Crippen molar-refractivity contribution in [3.05, 3.63) is 141 Å². The minimum Gasteiger partial charge on any atom is -1.00 e. The number of carbonyl (C=O) groups excluding carboxylic acids is 8. The van der Waals surface area contributed by atoms with Crippen molar-refractivity contribution in [3.63, 3.8) is 0 Å². The van der Waals surface area contributed by atoms with Gasteiger partial charge in [-0.2, -0.15) is 0 Å². The quantitative estimate of drug-likeness (QED) is 0.0171. The van der Waals surface area contributed by atoms with E-state index in [-0.39, 0.29) is 150 Å². The number of fused-ring (bicyclic) bond motifs is 6. The zero-order valence-corrected chi connectivity index (χ0v) is 64.6. The van der Waals surface area contributed by atoms with Gasteiger partial charge in [0.05, 0.1) is 41.3 Å². The van der Waals surface area contributed by atoms with Crippen LogP contribution in [0.2, 0.25) is 0 Å². The first-order chi connectivity index (χ1) is 44.9. The summed E-state index contributed by atoms with van der Waals surface area (Å²) in [6.45, 7) is 26.6. The molecule has 4 bridgehead atoms. The number of carbonyl (C=O) groups is 8. The maximum atomic E-state index is 13.6. The van der Waals surface area contributed by atoms with Crippen molar-refractivity contribution < 1.29 is 152 Å². The number of hydrogen-bond acceptors (Lipinski definition) is 20. The van der Waals surface area contributed by atoms with Crippen LogP contribution in [0.1, 0.15) is 115 Å². The van der Waals surface area contributed by atoms with Crippen molar-refractivity contribution in [3.8, 4) is 5.75 Å². The Balaban J connectivity index is 0. The number of nitrogens with two attached hydrogens (primary N) is 2. The second-order valence-corrected chi connectivity index (χ2v) is 25.8. The van der Waals surface area contributed by atoms with E-state index in [0.29, 0.717) is 70.2 Å². The number of aliphatic hydroxyl groups excluding tert-OH is 2. The van der Waals surface area contributed by atoms with Crippen LogP contribution in [0.5, 0.6) is 5.75 Å². The second-order valence-electron chi connectivity index (χ2n) is 23.6. The zero-order valence-electron chi connectivity index (χ0n) is 59.3. The summed E-state index contributed by atoms with van der Waals surface area (Å²) >= 11 is 15.0. The second kappa shape index (κ2) is 45.1. The minimum atomic E-state index is -1.91. The number of ketones is 2. The van der Waals surface area contributed by atoms with E-state index in [2.05, 4.69) is 33.4 Å². The number of aliphatic hydroxyl groups is 2. The van der Waals surface area contributed by atoms with E-state index < -0.39 is 82.1 Å². The van der Waals surface area contributed by atoms with Crippen LogP contribution in [0.4, 0.5) is 15.3 Å². The summed E-state index contributed by atoms with van der Waals surface area (Å²) in [6, 6.07) is 1.43. The number of amides is 4. The Morgan fingerprint density at radius 1 is 0.776 bits per heavy atom. The number of benzene rings is 1. The monoisotopic (exact) mass is 1450 g/mol. The third-order valence-corrected chi connectivity index (χ3v) is 15.9. The van der Waals surface area contributed by atoms with E-state index in [4.69, 9.17) is 79.7 Å². The number of anilines is 1. The van der Waals surface area contributed by atoms with E-state index in [1.807, 2.05) is 53.7 Å². The smallest absolute Gasteiger partial charge is 1.00 e. The topological polar surface area (TPSA) is 387 Å². The van der Waals surface area contributed by atoms with Crippen molar-refractivity contribution in [2.24, 2.45) is 47.0 Å². The van der Waals surface area contributed by atoms with E-state index in [1.54, 1.807) is 76.3 Å². The number of halogens is 3. The molecule has 12 atom stereocenters. The molecule has 3 aliphatic rings. The Bertz CT molecular complexity index is 3440. The number of primary amides is 2. The van der Waals surface area contributed by atoms with Crippen molar-refractivity contribution >= 4 is 99.6 Å². The Morgan fingerprint density at radius 3 is 1.63 bits per heavy atom. The van der Waals surface area contributed by atoms with E-state index in [0.717, 1.165) is 6.92 Å². The van der Waals surface area contributed by atoms with E-state index >= 15 is 0 Å². The summed E-state index contributed by atoms with van der Waals surface area (Å²) in [5, 5.41) is 47.7. The first-order valence-corrected chi connectivity index (χ1v) is 31.7. The number of methoxy groups -OCH3 is 2. The molecule has 0 saturated heterocycles. The van der Waals surface area contributed by atoms with E-state index in [9.17, 15) is 53.7 Å². The maximum absolute atomic E-state index is 13.6. The van der Waals surface area contributed by atoms with Crippen LogP contribution in [-0.2, 0) is 70.3 Å². The van der Waals surface area contributed by atoms with Crippen molar-refractivity contribution in [1.82, 2.24) is 9.88 Å². The molecule has 0 fully saturated rings. The van der Waals surface area contributed by atoms with Gasteiger partial charge in [0.1, 0.15) is 18.0 Å². The molecular formula is C68H92Cl3N5Na2O20. The fourth-order valence-electron chi connectivity index (χ4n) is 10.9. The van der Waals surface area contributed by atoms with Gasteiger partial charge in [-0.25, -0.2) is 14.4 Å². The van der Waals surface area contributed by atoms with Gasteiger partial charge in [-0.15, -0.1) is 13.2 Å². The van der Waals surface area contributed by atoms with Gasteiger partial charge >= 0.3 is 87.0 Å². The standard InChI is InChI=1S/C32H43N3O8.C32H44N2O7.C3H3Cl3O2.CH2O3.2Na.H/c1-8-12-35-26-22-13-17(2)14-25(41-7)27(36)20(5)15-21(6)29(43-31(33)39)18(3)10-9-11-19(4)30(38)34-23(28(22)37)16-24(26)42-32(35)40;1-8-9-13-23-24-14-18(2)15-27(40-7)28(36)21(5)16-22(6)30(41-32(33)39)19(3)11-10-12-20(4)31(38)34-25(29(24)37)17-26(23)35;1-2(7)8-3(4,5)6;2-1-4-3;;;/h8-11,15-18,20,25,27,29,36-37H,1,12-14H2,2-7H3,(H2,33,39)(H,34,38);8,10-12,16-19,21,27-28,30,36H,1,9,13-15H2,2-7H3,(H2,33,39)(H,34,38);1H3;1,3H;;;/q;;;;2*+1;-1/p-1/b10-9-,19-11+,21-15+;11-10-,20-12+,22-16+;;;;;/t17-,18+,20+,25+,27-,29-;18-,19+,21+,27+,28-,30-;;;;;/m11...../s1. The molecule has 4 amide bonds. The molecule has 0 radical (unpaired) electrons. The number of alkyl halides is 3. The number of allylic oxidation sites excluding steroid dienone is 9. The summed E-state index contributed by atoms with van der Waals surface area (Å²) in [4.78, 5) is 110. The van der Waals surface area contributed by atoms with Gasteiger partial charge in [0.15, 0.2) is 11.4 Å². The van der Waals surface area contributed by atoms with Gasteiger partial charge < -0.3 is 77.1 Å². The average Bonchev–Trinajstić information content (AvgIpc) is 1.66. The van der Waals surface area contributed by atoms with Gasteiger partial charge in [0, 0.05) is 91.4 Å². The number of ether oxygens (including phenoxy) is 5. The maximum Gasteiger partial charge on any atom is 1.00 e. The van der Waals surface area contributed by atoms with Gasteiger partial charge in [0.2, 0.25) is 5.78 Å². The first-order valence-electron chi connectivity index (χ1n) is 30.6. The summed E-state index contributed by atoms with van der Waals surface area (Å²) in [5.41, 5.74) is 14.6. The number of hydrogen-bond donors (Lipinski definition) is 7. The third kappa shape index (κ3) is 29.7. The molecule has 1 aromatic heterocycles. The molecular weight excluding hydrogens is 1360 g/mol. The molecule has 0 saturated carbocycles. The molecule has 30 heteroatoms. The first kappa shape index (κ1) is 92.1. The molecule has 5 rings (SSSR count). The van der Waals surface area contributed by atoms with Crippen LogP contribution in [0, 0.1) is 35.5 Å². The summed E-state index contributed by atoms with van der Waals surface area (Å²) in [6.07, 6.45) is 14.1. The summed E-state index contributed by atoms with van der Waals surface area (Å²) in [5.74, 6) is -4.83. The SMILES string of the molecule is C=CCCC1=C2C[C@@H](C)C[C@H](OC)[C@H](O)[C@@H](C)/C=C(\C)[C@H](OC(N)=O)[C@@H](C)/C=C\C=C(/C)C(=O)NC(=CC1=O)C2=O.C=CCn1c(=O)oc2cc3c(O)c(c21)C[C@@H](C)C[C@H](OC)[C@H](O)[C@@H](C)/C=C(\C)[C@H](OC(N)=O)[C@@H](C)/C=C\C=C(/C)C(=O)N3.CC(=O)OC(Cl)(Cl)Cl.O=CO[O-].[H-].[Na+].[Na+]. The van der Waals surface area contributed by atoms with Crippen molar-refractivity contribution in [2.75, 3.05) is 19.5 Å². The summed E-state index contributed by atoms with van der Waals surface area (Å²) in [7, 11) is 3.03. The van der Waals surface area contributed by atoms with Crippen LogP contribution < -0.4 is 92.2 Å². The van der Waals surface area contributed by atoms with Crippen LogP contribution in [0.25, 0.3) is 11.1 Å². The van der Waals surface area contributed by atoms with Crippen molar-refractivity contribution in [1.29, 1.82) is 0 Å². The number of aromatic hydroxyl groups is 1. The van der Waals surface area contributed by atoms with Gasteiger partial charge in [-0.3, -0.25) is 33.3 Å².